The van der Waals surface area contributed by atoms with Crippen LogP contribution in [0.5, 0.6) is 0 Å². The van der Waals surface area contributed by atoms with Crippen LogP contribution in [0.4, 0.5) is 0 Å². The van der Waals surface area contributed by atoms with E-state index >= 15 is 0 Å². The molecule has 1 atom stereocenters. The summed E-state index contributed by atoms with van der Waals surface area (Å²) in [5, 5.41) is 0. The van der Waals surface area contributed by atoms with Gasteiger partial charge in [-0.3, -0.25) is 14.7 Å². The first-order valence-corrected chi connectivity index (χ1v) is 9.06. The molecule has 0 bridgehead atoms. The molecule has 0 aromatic carbocycles. The summed E-state index contributed by atoms with van der Waals surface area (Å²) >= 11 is 0. The standard InChI is InChI=1S/C20H27N3O/c1-2-3-6-13-22-14-7-10-20(16-22)11-9-19(24)23(17-20)15-18-8-4-5-12-21-18/h4-5,8,12H,2,7,9-11,13-17H2,1H3. The highest BCUT2D eigenvalue weighted by Gasteiger charge is 2.41. The molecular formula is C20H27N3O. The summed E-state index contributed by atoms with van der Waals surface area (Å²) in [7, 11) is 0. The number of hydrogen-bond donors (Lipinski definition) is 0. The molecule has 2 fully saturated rings. The lowest BCUT2D eigenvalue weighted by molar-refractivity contribution is -0.140. The maximum absolute atomic E-state index is 12.4. The molecule has 1 aromatic heterocycles. The molecule has 1 amide bonds. The number of rotatable bonds is 3. The zero-order chi connectivity index (χ0) is 16.8. The average Bonchev–Trinajstić information content (AvgIpc) is 2.60. The maximum atomic E-state index is 12.4. The highest BCUT2D eigenvalue weighted by Crippen LogP contribution is 2.39. The second kappa shape index (κ2) is 7.81. The number of amides is 1. The zero-order valence-electron chi connectivity index (χ0n) is 14.6. The van der Waals surface area contributed by atoms with E-state index in [9.17, 15) is 4.79 Å². The van der Waals surface area contributed by atoms with Crippen LogP contribution in [0, 0.1) is 17.3 Å². The van der Waals surface area contributed by atoms with Crippen LogP contribution in [-0.4, -0.2) is 46.9 Å². The molecule has 1 aromatic rings. The molecule has 1 spiro atoms. The first-order valence-electron chi connectivity index (χ1n) is 9.06. The molecule has 1 unspecified atom stereocenters. The van der Waals surface area contributed by atoms with E-state index < -0.39 is 0 Å². The van der Waals surface area contributed by atoms with Gasteiger partial charge in [0.1, 0.15) is 0 Å². The Labute approximate surface area is 145 Å². The van der Waals surface area contributed by atoms with E-state index in [1.165, 1.54) is 12.8 Å². The number of aromatic nitrogens is 1. The van der Waals surface area contributed by atoms with Crippen molar-refractivity contribution in [2.45, 2.75) is 45.6 Å². The van der Waals surface area contributed by atoms with Crippen molar-refractivity contribution in [3.05, 3.63) is 30.1 Å². The van der Waals surface area contributed by atoms with Crippen LogP contribution in [0.25, 0.3) is 0 Å². The van der Waals surface area contributed by atoms with E-state index in [4.69, 9.17) is 0 Å². The summed E-state index contributed by atoms with van der Waals surface area (Å²) in [4.78, 5) is 21.3. The fourth-order valence-corrected chi connectivity index (χ4v) is 4.00. The molecule has 0 radical (unpaired) electrons. The van der Waals surface area contributed by atoms with Crippen molar-refractivity contribution in [3.8, 4) is 11.8 Å². The molecule has 2 aliphatic rings. The van der Waals surface area contributed by atoms with Gasteiger partial charge in [-0.15, -0.1) is 5.92 Å². The average molecular weight is 325 g/mol. The first kappa shape index (κ1) is 17.0. The fraction of sp³-hybridized carbons (Fsp3) is 0.600. The van der Waals surface area contributed by atoms with Crippen molar-refractivity contribution >= 4 is 5.91 Å². The second-order valence-corrected chi connectivity index (χ2v) is 7.09. The van der Waals surface area contributed by atoms with Crippen LogP contribution in [0.2, 0.25) is 0 Å². The molecule has 4 nitrogen and oxygen atoms in total. The van der Waals surface area contributed by atoms with Gasteiger partial charge in [-0.1, -0.05) is 18.9 Å². The molecular weight excluding hydrogens is 298 g/mol. The summed E-state index contributed by atoms with van der Waals surface area (Å²) in [6, 6.07) is 5.91. The van der Waals surface area contributed by atoms with Gasteiger partial charge < -0.3 is 4.90 Å². The minimum absolute atomic E-state index is 0.245. The Kier molecular flexibility index (Phi) is 5.52. The van der Waals surface area contributed by atoms with Gasteiger partial charge in [0.15, 0.2) is 0 Å². The van der Waals surface area contributed by atoms with Gasteiger partial charge in [-0.2, -0.15) is 0 Å². The third-order valence-corrected chi connectivity index (χ3v) is 5.17. The number of likely N-dealkylation sites (tertiary alicyclic amines) is 2. The molecule has 0 saturated carbocycles. The van der Waals surface area contributed by atoms with Gasteiger partial charge in [0.2, 0.25) is 5.91 Å². The number of pyridine rings is 1. The minimum Gasteiger partial charge on any atom is -0.336 e. The quantitative estimate of drug-likeness (QED) is 0.802. The molecule has 128 valence electrons. The van der Waals surface area contributed by atoms with E-state index in [0.717, 1.165) is 44.7 Å². The van der Waals surface area contributed by atoms with Crippen molar-refractivity contribution in [2.75, 3.05) is 26.2 Å². The zero-order valence-corrected chi connectivity index (χ0v) is 14.6. The first-order chi connectivity index (χ1) is 11.7. The lowest BCUT2D eigenvalue weighted by atomic mass is 9.73. The number of carbonyl (C=O) groups excluding carboxylic acids is 1. The van der Waals surface area contributed by atoms with Gasteiger partial charge >= 0.3 is 0 Å². The Morgan fingerprint density at radius 1 is 1.25 bits per heavy atom. The van der Waals surface area contributed by atoms with Crippen LogP contribution in [0.3, 0.4) is 0 Å². The molecule has 3 heterocycles. The van der Waals surface area contributed by atoms with Crippen LogP contribution >= 0.6 is 0 Å². The summed E-state index contributed by atoms with van der Waals surface area (Å²) < 4.78 is 0. The van der Waals surface area contributed by atoms with Gasteiger partial charge in [-0.05, 0) is 37.9 Å². The third-order valence-electron chi connectivity index (χ3n) is 5.17. The smallest absolute Gasteiger partial charge is 0.222 e. The van der Waals surface area contributed by atoms with Crippen molar-refractivity contribution < 1.29 is 4.79 Å². The van der Waals surface area contributed by atoms with Crippen LogP contribution in [0.15, 0.2) is 24.4 Å². The van der Waals surface area contributed by atoms with Gasteiger partial charge in [0, 0.05) is 37.5 Å². The van der Waals surface area contributed by atoms with E-state index in [2.05, 4.69) is 28.6 Å². The summed E-state index contributed by atoms with van der Waals surface area (Å²) in [6.45, 7) is 6.65. The molecule has 2 saturated heterocycles. The predicted molar refractivity (Wildman–Crippen MR) is 95.1 cm³/mol. The van der Waals surface area contributed by atoms with Crippen molar-refractivity contribution in [1.82, 2.24) is 14.8 Å². The van der Waals surface area contributed by atoms with E-state index in [1.807, 2.05) is 23.1 Å². The molecule has 0 aliphatic carbocycles. The topological polar surface area (TPSA) is 36.4 Å². The Bertz CT molecular complexity index is 619. The monoisotopic (exact) mass is 325 g/mol. The number of nitrogens with zero attached hydrogens (tertiary/aromatic N) is 3. The molecule has 2 aliphatic heterocycles. The van der Waals surface area contributed by atoms with Crippen molar-refractivity contribution in [1.29, 1.82) is 0 Å². The lowest BCUT2D eigenvalue weighted by Crippen LogP contribution is -2.53. The highest BCUT2D eigenvalue weighted by atomic mass is 16.2. The lowest BCUT2D eigenvalue weighted by Gasteiger charge is -2.48. The fourth-order valence-electron chi connectivity index (χ4n) is 4.00. The van der Waals surface area contributed by atoms with Crippen LogP contribution in [-0.2, 0) is 11.3 Å². The maximum Gasteiger partial charge on any atom is 0.222 e. The summed E-state index contributed by atoms with van der Waals surface area (Å²) in [5.74, 6) is 6.72. The van der Waals surface area contributed by atoms with E-state index in [-0.39, 0.29) is 11.3 Å². The minimum atomic E-state index is 0.245. The van der Waals surface area contributed by atoms with Crippen molar-refractivity contribution in [2.24, 2.45) is 5.41 Å². The third kappa shape index (κ3) is 4.15. The Morgan fingerprint density at radius 2 is 2.17 bits per heavy atom. The van der Waals surface area contributed by atoms with E-state index in [1.54, 1.807) is 6.20 Å². The number of carbonyl (C=O) groups is 1. The van der Waals surface area contributed by atoms with Gasteiger partial charge in [0.25, 0.3) is 0 Å². The Balaban J connectivity index is 1.66. The van der Waals surface area contributed by atoms with Gasteiger partial charge in [-0.25, -0.2) is 0 Å². The number of piperidine rings is 2. The second-order valence-electron chi connectivity index (χ2n) is 7.09. The van der Waals surface area contributed by atoms with Crippen LogP contribution < -0.4 is 0 Å². The van der Waals surface area contributed by atoms with E-state index in [0.29, 0.717) is 13.0 Å². The van der Waals surface area contributed by atoms with Crippen LogP contribution in [0.1, 0.15) is 44.7 Å². The largest absolute Gasteiger partial charge is 0.336 e. The summed E-state index contributed by atoms with van der Waals surface area (Å²) in [6.07, 6.45) is 6.83. The van der Waals surface area contributed by atoms with Crippen molar-refractivity contribution in [3.63, 3.8) is 0 Å². The Morgan fingerprint density at radius 3 is 2.96 bits per heavy atom. The normalized spacial score (nSPS) is 24.7. The SMILES string of the molecule is CCC#CCN1CCCC2(CCC(=O)N(Cc3ccccn3)C2)C1. The van der Waals surface area contributed by atoms with Gasteiger partial charge in [0.05, 0.1) is 18.8 Å². The number of hydrogen-bond acceptors (Lipinski definition) is 3. The summed E-state index contributed by atoms with van der Waals surface area (Å²) in [5.41, 5.74) is 1.22. The molecule has 3 rings (SSSR count). The Hall–Kier alpha value is -1.86. The predicted octanol–water partition coefficient (Wildman–Crippen LogP) is 2.70. The highest BCUT2D eigenvalue weighted by molar-refractivity contribution is 5.77. The molecule has 4 heteroatoms. The molecule has 24 heavy (non-hydrogen) atoms. The molecule has 0 N–H and O–H groups in total.